The Labute approximate surface area is 156 Å². The highest BCUT2D eigenvalue weighted by Crippen LogP contribution is 2.27. The first kappa shape index (κ1) is 17.5. The molecule has 1 amide bonds. The molecule has 0 atom stereocenters. The number of rotatable bonds is 2. The molecular weight excluding hydrogens is 354 g/mol. The number of thioether (sulfide) groups is 1. The second kappa shape index (κ2) is 7.73. The van der Waals surface area contributed by atoms with Crippen LogP contribution in [-0.4, -0.2) is 28.3 Å². The van der Waals surface area contributed by atoms with E-state index in [0.29, 0.717) is 27.9 Å². The zero-order chi connectivity index (χ0) is 17.8. The highest BCUT2D eigenvalue weighted by molar-refractivity contribution is 8.13. The van der Waals surface area contributed by atoms with Gasteiger partial charge in [-0.05, 0) is 55.3 Å². The quantitative estimate of drug-likeness (QED) is 0.764. The Hall–Kier alpha value is -2.29. The van der Waals surface area contributed by atoms with Crippen LogP contribution in [0.5, 0.6) is 0 Å². The maximum absolute atomic E-state index is 12.8. The predicted molar refractivity (Wildman–Crippen MR) is 103 cm³/mol. The third-order valence-electron chi connectivity index (χ3n) is 3.87. The molecular formula is C19H16ClN3OS. The van der Waals surface area contributed by atoms with Crippen molar-refractivity contribution in [3.05, 3.63) is 64.2 Å². The van der Waals surface area contributed by atoms with Gasteiger partial charge in [0.1, 0.15) is 0 Å². The minimum atomic E-state index is -0.103. The molecule has 1 aliphatic heterocycles. The van der Waals surface area contributed by atoms with Crippen LogP contribution >= 0.6 is 23.4 Å². The van der Waals surface area contributed by atoms with Crippen LogP contribution in [0.3, 0.4) is 0 Å². The molecule has 126 valence electrons. The lowest BCUT2D eigenvalue weighted by Gasteiger charge is -2.27. The molecule has 0 aliphatic carbocycles. The van der Waals surface area contributed by atoms with Crippen LogP contribution in [0.25, 0.3) is 0 Å². The van der Waals surface area contributed by atoms with Gasteiger partial charge in [0.2, 0.25) is 0 Å². The van der Waals surface area contributed by atoms with Crippen molar-refractivity contribution in [3.63, 3.8) is 0 Å². The molecule has 0 spiro atoms. The smallest absolute Gasteiger partial charge is 0.259 e. The molecule has 0 N–H and O–H groups in total. The fourth-order valence-corrected chi connectivity index (χ4v) is 3.58. The zero-order valence-electron chi connectivity index (χ0n) is 13.7. The molecule has 0 bridgehead atoms. The van der Waals surface area contributed by atoms with Crippen molar-refractivity contribution in [2.24, 2.45) is 4.99 Å². The number of hydrogen-bond donors (Lipinski definition) is 0. The van der Waals surface area contributed by atoms with E-state index in [-0.39, 0.29) is 5.91 Å². The number of aliphatic imine (C=N–C) groups is 1. The fraction of sp³-hybridized carbons (Fsp3) is 0.211. The van der Waals surface area contributed by atoms with Crippen LogP contribution in [0, 0.1) is 18.3 Å². The molecule has 2 aromatic rings. The molecule has 25 heavy (non-hydrogen) atoms. The Balaban J connectivity index is 1.89. The van der Waals surface area contributed by atoms with Crippen LogP contribution < -0.4 is 0 Å². The Bertz CT molecular complexity index is 871. The summed E-state index contributed by atoms with van der Waals surface area (Å²) in [6.07, 6.45) is 0.917. The summed E-state index contributed by atoms with van der Waals surface area (Å²) < 4.78 is 0. The standard InChI is InChI=1S/C19H16ClN3OS/c1-13-3-8-16(11-17(13)20)22-19-23(9-2-10-25-19)18(24)15-6-4-14(12-21)5-7-15/h3-8,11H,2,9-10H2,1H3. The molecule has 1 aliphatic rings. The first-order valence-electron chi connectivity index (χ1n) is 7.88. The summed E-state index contributed by atoms with van der Waals surface area (Å²) in [4.78, 5) is 19.2. The van der Waals surface area contributed by atoms with Crippen LogP contribution in [-0.2, 0) is 0 Å². The zero-order valence-corrected chi connectivity index (χ0v) is 15.3. The van der Waals surface area contributed by atoms with Crippen molar-refractivity contribution in [2.75, 3.05) is 12.3 Å². The van der Waals surface area contributed by atoms with Crippen molar-refractivity contribution in [1.29, 1.82) is 5.26 Å². The second-order valence-electron chi connectivity index (χ2n) is 5.68. The van der Waals surface area contributed by atoms with Crippen LogP contribution in [0.2, 0.25) is 5.02 Å². The number of hydrogen-bond acceptors (Lipinski definition) is 4. The first-order valence-corrected chi connectivity index (χ1v) is 9.24. The van der Waals surface area contributed by atoms with Crippen LogP contribution in [0.1, 0.15) is 27.9 Å². The maximum atomic E-state index is 12.8. The van der Waals surface area contributed by atoms with E-state index in [4.69, 9.17) is 16.9 Å². The van der Waals surface area contributed by atoms with Crippen LogP contribution in [0.4, 0.5) is 5.69 Å². The van der Waals surface area contributed by atoms with Gasteiger partial charge in [-0.3, -0.25) is 9.69 Å². The number of nitriles is 1. The largest absolute Gasteiger partial charge is 0.287 e. The van der Waals surface area contributed by atoms with Gasteiger partial charge in [-0.25, -0.2) is 4.99 Å². The molecule has 2 aromatic carbocycles. The van der Waals surface area contributed by atoms with E-state index in [0.717, 1.165) is 23.4 Å². The Morgan fingerprint density at radius 3 is 2.72 bits per heavy atom. The lowest BCUT2D eigenvalue weighted by atomic mass is 10.1. The van der Waals surface area contributed by atoms with E-state index in [1.54, 1.807) is 40.9 Å². The van der Waals surface area contributed by atoms with E-state index in [1.165, 1.54) is 0 Å². The van der Waals surface area contributed by atoms with Crippen molar-refractivity contribution >= 4 is 40.1 Å². The summed E-state index contributed by atoms with van der Waals surface area (Å²) in [5, 5.41) is 10.2. The van der Waals surface area contributed by atoms with Crippen molar-refractivity contribution in [2.45, 2.75) is 13.3 Å². The number of carbonyl (C=O) groups is 1. The van der Waals surface area contributed by atoms with E-state index >= 15 is 0 Å². The molecule has 0 unspecified atom stereocenters. The molecule has 1 saturated heterocycles. The molecule has 3 rings (SSSR count). The van der Waals surface area contributed by atoms with Gasteiger partial charge in [-0.1, -0.05) is 29.4 Å². The van der Waals surface area contributed by atoms with Gasteiger partial charge in [-0.15, -0.1) is 0 Å². The maximum Gasteiger partial charge on any atom is 0.259 e. The van der Waals surface area contributed by atoms with Gasteiger partial charge in [0.05, 0.1) is 17.3 Å². The van der Waals surface area contributed by atoms with Gasteiger partial charge >= 0.3 is 0 Å². The fourth-order valence-electron chi connectivity index (χ4n) is 2.45. The van der Waals surface area contributed by atoms with Gasteiger partial charge < -0.3 is 0 Å². The number of amidine groups is 1. The average molecular weight is 370 g/mol. The third-order valence-corrected chi connectivity index (χ3v) is 5.34. The average Bonchev–Trinajstić information content (AvgIpc) is 2.65. The number of amides is 1. The van der Waals surface area contributed by atoms with Gasteiger partial charge in [-0.2, -0.15) is 5.26 Å². The Morgan fingerprint density at radius 2 is 2.04 bits per heavy atom. The Morgan fingerprint density at radius 1 is 1.28 bits per heavy atom. The molecule has 0 radical (unpaired) electrons. The summed E-state index contributed by atoms with van der Waals surface area (Å²) in [6, 6.07) is 14.4. The topological polar surface area (TPSA) is 56.5 Å². The minimum Gasteiger partial charge on any atom is -0.287 e. The summed E-state index contributed by atoms with van der Waals surface area (Å²) in [5.41, 5.74) is 2.81. The summed E-state index contributed by atoms with van der Waals surface area (Å²) in [7, 11) is 0. The normalized spacial score (nSPS) is 15.9. The van der Waals surface area contributed by atoms with Crippen molar-refractivity contribution < 1.29 is 4.79 Å². The Kier molecular flexibility index (Phi) is 5.42. The van der Waals surface area contributed by atoms with Crippen LogP contribution in [0.15, 0.2) is 47.5 Å². The van der Waals surface area contributed by atoms with Crippen molar-refractivity contribution in [3.8, 4) is 6.07 Å². The van der Waals surface area contributed by atoms with Gasteiger partial charge in [0.25, 0.3) is 5.91 Å². The highest BCUT2D eigenvalue weighted by Gasteiger charge is 2.24. The van der Waals surface area contributed by atoms with Gasteiger partial charge in [0.15, 0.2) is 5.17 Å². The monoisotopic (exact) mass is 369 g/mol. The molecule has 1 fully saturated rings. The molecule has 4 nitrogen and oxygen atoms in total. The molecule has 1 heterocycles. The number of carbonyl (C=O) groups excluding carboxylic acids is 1. The SMILES string of the molecule is Cc1ccc(N=C2SCCCN2C(=O)c2ccc(C#N)cc2)cc1Cl. The van der Waals surface area contributed by atoms with E-state index < -0.39 is 0 Å². The van der Waals surface area contributed by atoms with E-state index in [1.807, 2.05) is 25.1 Å². The summed E-state index contributed by atoms with van der Waals surface area (Å²) >= 11 is 7.74. The number of benzene rings is 2. The molecule has 0 saturated carbocycles. The van der Waals surface area contributed by atoms with Gasteiger partial charge in [0, 0.05) is 22.9 Å². The predicted octanol–water partition coefficient (Wildman–Crippen LogP) is 4.79. The van der Waals surface area contributed by atoms with Crippen molar-refractivity contribution in [1.82, 2.24) is 4.90 Å². The summed E-state index contributed by atoms with van der Waals surface area (Å²) in [5.74, 6) is 0.823. The lowest BCUT2D eigenvalue weighted by molar-refractivity contribution is 0.0849. The number of nitrogens with zero attached hydrogens (tertiary/aromatic N) is 3. The second-order valence-corrected chi connectivity index (χ2v) is 7.15. The molecule has 0 aromatic heterocycles. The number of aryl methyl sites for hydroxylation is 1. The summed E-state index contributed by atoms with van der Waals surface area (Å²) in [6.45, 7) is 2.57. The third kappa shape index (κ3) is 4.04. The van der Waals surface area contributed by atoms with E-state index in [9.17, 15) is 4.79 Å². The highest BCUT2D eigenvalue weighted by atomic mass is 35.5. The first-order chi connectivity index (χ1) is 12.1. The van der Waals surface area contributed by atoms with E-state index in [2.05, 4.69) is 11.1 Å². The number of halogens is 1. The minimum absolute atomic E-state index is 0.103. The molecule has 6 heteroatoms. The lowest BCUT2D eigenvalue weighted by Crippen LogP contribution is -2.39.